The maximum atomic E-state index is 9.48. The molecule has 0 saturated heterocycles. The first kappa shape index (κ1) is 15.8. The second kappa shape index (κ2) is 7.49. The molecule has 2 N–H and O–H groups in total. The van der Waals surface area contributed by atoms with Gasteiger partial charge in [0.25, 0.3) is 0 Å². The Labute approximate surface area is 137 Å². The molecule has 0 aliphatic carbocycles. The van der Waals surface area contributed by atoms with Crippen LogP contribution in [-0.4, -0.2) is 24.4 Å². The zero-order valence-electron chi connectivity index (χ0n) is 13.4. The summed E-state index contributed by atoms with van der Waals surface area (Å²) in [5.74, 6) is 1.75. The Bertz CT molecular complexity index is 657. The van der Waals surface area contributed by atoms with Crippen molar-refractivity contribution in [3.8, 4) is 11.5 Å². The lowest BCUT2D eigenvalue weighted by Gasteiger charge is -2.26. The minimum Gasteiger partial charge on any atom is -0.494 e. The lowest BCUT2D eigenvalue weighted by Crippen LogP contribution is -2.38. The zero-order valence-corrected chi connectivity index (χ0v) is 13.4. The number of rotatable bonds is 6. The minimum absolute atomic E-state index is 0.0108. The highest BCUT2D eigenvalue weighted by molar-refractivity contribution is 5.37. The molecule has 2 aromatic rings. The summed E-state index contributed by atoms with van der Waals surface area (Å²) >= 11 is 0. The molecule has 4 nitrogen and oxygen atoms in total. The van der Waals surface area contributed by atoms with E-state index in [1.807, 2.05) is 43.3 Å². The van der Waals surface area contributed by atoms with E-state index in [2.05, 4.69) is 11.4 Å². The van der Waals surface area contributed by atoms with Crippen molar-refractivity contribution in [1.29, 1.82) is 0 Å². The third-order valence-corrected chi connectivity index (χ3v) is 4.07. The summed E-state index contributed by atoms with van der Waals surface area (Å²) in [7, 11) is 0. The first-order chi connectivity index (χ1) is 11.3. The van der Waals surface area contributed by atoms with E-state index in [-0.39, 0.29) is 6.61 Å². The molecule has 1 atom stereocenters. The summed E-state index contributed by atoms with van der Waals surface area (Å²) in [6.07, 6.45) is 0.972. The minimum atomic E-state index is -0.0108. The molecule has 0 saturated carbocycles. The van der Waals surface area contributed by atoms with Crippen LogP contribution in [0.15, 0.2) is 42.5 Å². The molecule has 23 heavy (non-hydrogen) atoms. The van der Waals surface area contributed by atoms with Gasteiger partial charge < -0.3 is 19.9 Å². The Morgan fingerprint density at radius 3 is 2.96 bits per heavy atom. The van der Waals surface area contributed by atoms with E-state index in [9.17, 15) is 5.11 Å². The van der Waals surface area contributed by atoms with Crippen LogP contribution in [0.5, 0.6) is 11.5 Å². The van der Waals surface area contributed by atoms with Gasteiger partial charge in [-0.1, -0.05) is 24.3 Å². The van der Waals surface area contributed by atoms with Crippen molar-refractivity contribution in [2.45, 2.75) is 32.5 Å². The largest absolute Gasteiger partial charge is 0.494 e. The second-order valence-corrected chi connectivity index (χ2v) is 5.73. The topological polar surface area (TPSA) is 50.7 Å². The van der Waals surface area contributed by atoms with Gasteiger partial charge in [0.15, 0.2) is 0 Å². The lowest BCUT2D eigenvalue weighted by molar-refractivity contribution is 0.238. The van der Waals surface area contributed by atoms with Gasteiger partial charge in [0.05, 0.1) is 13.2 Å². The number of para-hydroxylation sites is 1. The molecule has 1 unspecified atom stereocenters. The van der Waals surface area contributed by atoms with Gasteiger partial charge in [-0.05, 0) is 42.7 Å². The molecular weight excluding hydrogens is 290 g/mol. The Balaban J connectivity index is 1.61. The molecule has 0 amide bonds. The first-order valence-corrected chi connectivity index (χ1v) is 8.09. The number of fused-ring (bicyclic) bond motifs is 1. The fourth-order valence-corrected chi connectivity index (χ4v) is 2.88. The summed E-state index contributed by atoms with van der Waals surface area (Å²) in [6.45, 7) is 3.96. The predicted octanol–water partition coefficient (Wildman–Crippen LogP) is 2.67. The fourth-order valence-electron chi connectivity index (χ4n) is 2.88. The van der Waals surface area contributed by atoms with Crippen LogP contribution in [0.25, 0.3) is 0 Å². The quantitative estimate of drug-likeness (QED) is 0.861. The highest BCUT2D eigenvalue weighted by Crippen LogP contribution is 2.24. The third kappa shape index (κ3) is 3.84. The van der Waals surface area contributed by atoms with Crippen molar-refractivity contribution in [3.05, 3.63) is 59.2 Å². The van der Waals surface area contributed by atoms with Crippen LogP contribution in [0.1, 0.15) is 23.6 Å². The summed E-state index contributed by atoms with van der Waals surface area (Å²) < 4.78 is 11.3. The molecule has 2 aromatic carbocycles. The first-order valence-electron chi connectivity index (χ1n) is 8.09. The van der Waals surface area contributed by atoms with Crippen LogP contribution in [0.4, 0.5) is 0 Å². The van der Waals surface area contributed by atoms with Crippen molar-refractivity contribution in [2.24, 2.45) is 0 Å². The van der Waals surface area contributed by atoms with Crippen LogP contribution >= 0.6 is 0 Å². The van der Waals surface area contributed by atoms with Crippen molar-refractivity contribution in [2.75, 3.05) is 13.2 Å². The molecule has 1 aliphatic rings. The van der Waals surface area contributed by atoms with E-state index < -0.39 is 0 Å². The number of nitrogens with one attached hydrogen (secondary N) is 1. The number of aliphatic hydroxyl groups excluding tert-OH is 1. The summed E-state index contributed by atoms with van der Waals surface area (Å²) in [6, 6.07) is 14.4. The van der Waals surface area contributed by atoms with E-state index in [1.165, 1.54) is 5.56 Å². The molecular formula is C19H23NO3. The van der Waals surface area contributed by atoms with Gasteiger partial charge in [-0.3, -0.25) is 0 Å². The predicted molar refractivity (Wildman–Crippen MR) is 89.8 cm³/mol. The summed E-state index contributed by atoms with van der Waals surface area (Å²) in [5, 5.41) is 13.0. The van der Waals surface area contributed by atoms with Crippen LogP contribution in [0.2, 0.25) is 0 Å². The van der Waals surface area contributed by atoms with Gasteiger partial charge in [-0.25, -0.2) is 0 Å². The molecule has 1 heterocycles. The van der Waals surface area contributed by atoms with Gasteiger partial charge in [0.1, 0.15) is 18.1 Å². The summed E-state index contributed by atoms with van der Waals surface area (Å²) in [5.41, 5.74) is 3.21. The van der Waals surface area contributed by atoms with E-state index in [4.69, 9.17) is 9.47 Å². The van der Waals surface area contributed by atoms with Crippen molar-refractivity contribution in [1.82, 2.24) is 5.32 Å². The highest BCUT2D eigenvalue weighted by atomic mass is 16.5. The van der Waals surface area contributed by atoms with Gasteiger partial charge >= 0.3 is 0 Å². The maximum absolute atomic E-state index is 9.48. The Kier molecular flexibility index (Phi) is 5.16. The SMILES string of the molecule is CCOc1ccc(CNC2COc3ccccc3C2)cc1CO. The Hall–Kier alpha value is -2.04. The van der Waals surface area contributed by atoms with Crippen LogP contribution in [0.3, 0.4) is 0 Å². The van der Waals surface area contributed by atoms with E-state index in [1.54, 1.807) is 0 Å². The summed E-state index contributed by atoms with van der Waals surface area (Å²) in [4.78, 5) is 0. The van der Waals surface area contributed by atoms with Crippen molar-refractivity contribution in [3.63, 3.8) is 0 Å². The van der Waals surface area contributed by atoms with E-state index >= 15 is 0 Å². The number of benzene rings is 2. The monoisotopic (exact) mass is 313 g/mol. The van der Waals surface area contributed by atoms with E-state index in [0.717, 1.165) is 35.6 Å². The molecule has 0 spiro atoms. The highest BCUT2D eigenvalue weighted by Gasteiger charge is 2.18. The molecule has 1 aliphatic heterocycles. The number of ether oxygens (including phenoxy) is 2. The molecule has 122 valence electrons. The van der Waals surface area contributed by atoms with Gasteiger partial charge in [-0.2, -0.15) is 0 Å². The van der Waals surface area contributed by atoms with Crippen LogP contribution in [0, 0.1) is 0 Å². The Morgan fingerprint density at radius 1 is 1.26 bits per heavy atom. The smallest absolute Gasteiger partial charge is 0.124 e. The third-order valence-electron chi connectivity index (χ3n) is 4.07. The van der Waals surface area contributed by atoms with Crippen LogP contribution in [-0.2, 0) is 19.6 Å². The molecule has 0 fully saturated rings. The zero-order chi connectivity index (χ0) is 16.1. The van der Waals surface area contributed by atoms with Crippen molar-refractivity contribution < 1.29 is 14.6 Å². The van der Waals surface area contributed by atoms with Gasteiger partial charge in [0.2, 0.25) is 0 Å². The molecule has 4 heteroatoms. The molecule has 0 aromatic heterocycles. The van der Waals surface area contributed by atoms with Gasteiger partial charge in [0, 0.05) is 18.2 Å². The Morgan fingerprint density at radius 2 is 2.13 bits per heavy atom. The average Bonchev–Trinajstić information content (AvgIpc) is 2.61. The normalized spacial score (nSPS) is 16.5. The molecule has 0 radical (unpaired) electrons. The molecule has 0 bridgehead atoms. The maximum Gasteiger partial charge on any atom is 0.124 e. The number of hydrogen-bond acceptors (Lipinski definition) is 4. The standard InChI is InChI=1S/C19H23NO3/c1-2-22-19-8-7-14(9-16(19)12-21)11-20-17-10-15-5-3-4-6-18(15)23-13-17/h3-9,17,20-21H,2,10-13H2,1H3. The van der Waals surface area contributed by atoms with Crippen LogP contribution < -0.4 is 14.8 Å². The van der Waals surface area contributed by atoms with Gasteiger partial charge in [-0.15, -0.1) is 0 Å². The average molecular weight is 313 g/mol. The number of aliphatic hydroxyl groups is 1. The van der Waals surface area contributed by atoms with E-state index in [0.29, 0.717) is 19.3 Å². The second-order valence-electron chi connectivity index (χ2n) is 5.73. The fraction of sp³-hybridized carbons (Fsp3) is 0.368. The lowest BCUT2D eigenvalue weighted by atomic mass is 10.0. The molecule has 3 rings (SSSR count). The van der Waals surface area contributed by atoms with Crippen molar-refractivity contribution >= 4 is 0 Å². The number of hydrogen-bond donors (Lipinski definition) is 2.